The molecule has 1 nitrogen and oxygen atoms in total. The van der Waals surface area contributed by atoms with E-state index in [1.807, 2.05) is 6.08 Å². The second kappa shape index (κ2) is 5.81. The van der Waals surface area contributed by atoms with Crippen LogP contribution in [0.2, 0.25) is 19.3 Å². The molecule has 0 unspecified atom stereocenters. The molecule has 0 atom stereocenters. The zero-order chi connectivity index (χ0) is 9.61. The molecule has 2 heteroatoms. The first-order valence-corrected chi connectivity index (χ1v) is 14.9. The second-order valence-corrected chi connectivity index (χ2v) is 19.9. The summed E-state index contributed by atoms with van der Waals surface area (Å²) in [5.74, 6) is 0. The molecule has 0 spiro atoms. The first-order chi connectivity index (χ1) is 5.49. The van der Waals surface area contributed by atoms with Crippen molar-refractivity contribution in [2.24, 2.45) is 0 Å². The van der Waals surface area contributed by atoms with Crippen LogP contribution in [0.5, 0.6) is 0 Å². The third-order valence-electron chi connectivity index (χ3n) is 1.44. The van der Waals surface area contributed by atoms with Crippen LogP contribution < -0.4 is 0 Å². The van der Waals surface area contributed by atoms with E-state index in [1.165, 1.54) is 10.0 Å². The first-order valence-electron chi connectivity index (χ1n) is 4.29. The fraction of sp³-hybridized carbons (Fsp3) is 0.600. The van der Waals surface area contributed by atoms with Crippen molar-refractivity contribution in [2.45, 2.75) is 19.3 Å². The molecule has 70 valence electrons. The average molecular weight is 275 g/mol. The number of methoxy groups -OCH3 is 1. The van der Waals surface area contributed by atoms with Crippen molar-refractivity contribution < 1.29 is 4.74 Å². The minimum atomic E-state index is -1.67. The molecular formula is C10H20OSn. The minimum absolute atomic E-state index is 0.764. The van der Waals surface area contributed by atoms with Gasteiger partial charge < -0.3 is 0 Å². The van der Waals surface area contributed by atoms with Crippen LogP contribution in [-0.2, 0) is 4.74 Å². The summed E-state index contributed by atoms with van der Waals surface area (Å²) in [4.78, 5) is 7.30. The predicted octanol–water partition coefficient (Wildman–Crippen LogP) is 3.08. The zero-order valence-electron chi connectivity index (χ0n) is 8.68. The average Bonchev–Trinajstić information content (AvgIpc) is 1.84. The van der Waals surface area contributed by atoms with Crippen molar-refractivity contribution in [3.05, 3.63) is 24.3 Å². The van der Waals surface area contributed by atoms with Crippen LogP contribution in [0.1, 0.15) is 0 Å². The summed E-state index contributed by atoms with van der Waals surface area (Å²) < 4.78 is 6.39. The van der Waals surface area contributed by atoms with E-state index >= 15 is 0 Å². The van der Waals surface area contributed by atoms with Crippen molar-refractivity contribution in [2.75, 3.05) is 13.7 Å². The Morgan fingerprint density at radius 2 is 2.00 bits per heavy atom. The molecule has 0 N–H and O–H groups in total. The summed E-state index contributed by atoms with van der Waals surface area (Å²) in [5, 5.41) is 0. The van der Waals surface area contributed by atoms with Crippen molar-refractivity contribution in [1.29, 1.82) is 0 Å². The van der Waals surface area contributed by atoms with Gasteiger partial charge in [0.1, 0.15) is 0 Å². The standard InChI is InChI=1S/C7H11O.3CH3.Sn/c1-4-5-7(2)6-8-3;;;;/h4-5H,1-2,6H2,3H3;3*1H3;/b7-5+;;;;. The second-order valence-electron chi connectivity index (χ2n) is 4.23. The maximum absolute atomic E-state index is 5.12. The van der Waals surface area contributed by atoms with Crippen molar-refractivity contribution >= 4 is 18.4 Å². The molecular weight excluding hydrogens is 255 g/mol. The van der Waals surface area contributed by atoms with Crippen molar-refractivity contribution in [3.63, 3.8) is 0 Å². The van der Waals surface area contributed by atoms with Crippen LogP contribution in [0.25, 0.3) is 0 Å². The molecule has 0 saturated carbocycles. The Balaban J connectivity index is 4.14. The summed E-state index contributed by atoms with van der Waals surface area (Å²) in [7, 11) is 1.75. The monoisotopic (exact) mass is 276 g/mol. The Hall–Kier alpha value is 0.239. The molecule has 0 aliphatic carbocycles. The molecule has 0 aromatic heterocycles. The summed E-state index contributed by atoms with van der Waals surface area (Å²) in [6.07, 6.45) is 3.94. The van der Waals surface area contributed by atoms with Crippen LogP contribution in [0.4, 0.5) is 0 Å². The molecule has 0 aliphatic rings. The molecule has 0 fully saturated rings. The van der Waals surface area contributed by atoms with Gasteiger partial charge in [0.25, 0.3) is 0 Å². The zero-order valence-corrected chi connectivity index (χ0v) is 11.5. The van der Waals surface area contributed by atoms with Crippen LogP contribution >= 0.6 is 0 Å². The van der Waals surface area contributed by atoms with Gasteiger partial charge in [0, 0.05) is 0 Å². The van der Waals surface area contributed by atoms with Crippen LogP contribution in [0.15, 0.2) is 24.3 Å². The van der Waals surface area contributed by atoms with Gasteiger partial charge in [0.05, 0.1) is 0 Å². The van der Waals surface area contributed by atoms with Gasteiger partial charge in [-0.15, -0.1) is 0 Å². The Labute approximate surface area is 80.4 Å². The molecule has 0 bridgehead atoms. The van der Waals surface area contributed by atoms with Gasteiger partial charge in [-0.1, -0.05) is 0 Å². The van der Waals surface area contributed by atoms with Crippen molar-refractivity contribution in [1.82, 2.24) is 0 Å². The molecule has 0 rings (SSSR count). The first kappa shape index (κ1) is 12.2. The molecule has 0 amide bonds. The summed E-state index contributed by atoms with van der Waals surface area (Å²) in [5.41, 5.74) is 1.40. The van der Waals surface area contributed by atoms with Gasteiger partial charge in [0.15, 0.2) is 0 Å². The van der Waals surface area contributed by atoms with Crippen LogP contribution in [0, 0.1) is 0 Å². The van der Waals surface area contributed by atoms with E-state index in [2.05, 4.69) is 27.5 Å². The maximum atomic E-state index is 5.12. The Bertz CT molecular complexity index is 165. The topological polar surface area (TPSA) is 9.23 Å². The van der Waals surface area contributed by atoms with Gasteiger partial charge >= 0.3 is 80.4 Å². The van der Waals surface area contributed by atoms with E-state index in [0.29, 0.717) is 0 Å². The van der Waals surface area contributed by atoms with E-state index in [1.54, 1.807) is 7.11 Å². The van der Waals surface area contributed by atoms with E-state index in [0.717, 1.165) is 6.61 Å². The van der Waals surface area contributed by atoms with Crippen molar-refractivity contribution in [3.8, 4) is 0 Å². The van der Waals surface area contributed by atoms with E-state index in [-0.39, 0.29) is 0 Å². The van der Waals surface area contributed by atoms with Gasteiger partial charge in [0.2, 0.25) is 0 Å². The summed E-state index contributed by atoms with van der Waals surface area (Å²) in [6, 6.07) is 0. The van der Waals surface area contributed by atoms with Gasteiger partial charge in [-0.2, -0.15) is 0 Å². The number of hydrogen-bond donors (Lipinski definition) is 0. The number of hydrogen-bond acceptors (Lipinski definition) is 1. The normalized spacial score (nSPS) is 13.2. The van der Waals surface area contributed by atoms with Gasteiger partial charge in [-0.05, 0) is 0 Å². The van der Waals surface area contributed by atoms with E-state index in [4.69, 9.17) is 4.74 Å². The molecule has 0 saturated heterocycles. The molecule has 0 aromatic carbocycles. The Morgan fingerprint density at radius 1 is 1.42 bits per heavy atom. The Kier molecular flexibility index (Phi) is 5.93. The summed E-state index contributed by atoms with van der Waals surface area (Å²) >= 11 is -1.67. The quantitative estimate of drug-likeness (QED) is 0.553. The molecule has 12 heavy (non-hydrogen) atoms. The molecule has 0 aromatic rings. The van der Waals surface area contributed by atoms with Gasteiger partial charge in [-0.3, -0.25) is 0 Å². The SMILES string of the molecule is C=C/C=C(/COC)[CH2][Sn]([CH3])([CH3])[CH3]. The third-order valence-corrected chi connectivity index (χ3v) is 5.76. The summed E-state index contributed by atoms with van der Waals surface area (Å²) in [6.45, 7) is 4.47. The third kappa shape index (κ3) is 6.92. The van der Waals surface area contributed by atoms with Crippen LogP contribution in [-0.4, -0.2) is 32.1 Å². The predicted molar refractivity (Wildman–Crippen MR) is 58.3 cm³/mol. The molecule has 0 radical (unpaired) electrons. The Morgan fingerprint density at radius 3 is 2.33 bits per heavy atom. The molecule has 0 aliphatic heterocycles. The number of ether oxygens (including phenoxy) is 1. The van der Waals surface area contributed by atoms with Crippen LogP contribution in [0.3, 0.4) is 0 Å². The van der Waals surface area contributed by atoms with Gasteiger partial charge in [-0.25, -0.2) is 0 Å². The number of rotatable bonds is 5. The van der Waals surface area contributed by atoms with E-state index < -0.39 is 18.4 Å². The fourth-order valence-electron chi connectivity index (χ4n) is 1.19. The molecule has 0 heterocycles. The fourth-order valence-corrected chi connectivity index (χ4v) is 5.71. The number of allylic oxidation sites excluding steroid dienone is 2. The van der Waals surface area contributed by atoms with E-state index in [9.17, 15) is 0 Å².